The molecule has 1 heterocycles. The van der Waals surface area contributed by atoms with Crippen molar-refractivity contribution in [1.82, 2.24) is 4.98 Å². The average Bonchev–Trinajstić information content (AvgIpc) is 2.32. The van der Waals surface area contributed by atoms with Crippen molar-refractivity contribution < 1.29 is 9.66 Å². The molecule has 0 aliphatic rings. The second-order valence-electron chi connectivity index (χ2n) is 3.86. The van der Waals surface area contributed by atoms with Crippen molar-refractivity contribution in [1.29, 1.82) is 0 Å². The summed E-state index contributed by atoms with van der Waals surface area (Å²) < 4.78 is 5.07. The Kier molecular flexibility index (Phi) is 5.80. The maximum Gasteiger partial charge on any atom is 0.312 e. The molecule has 1 N–H and O–H groups in total. The van der Waals surface area contributed by atoms with Crippen LogP contribution in [0, 0.1) is 10.1 Å². The predicted molar refractivity (Wildman–Crippen MR) is 70.1 cm³/mol. The molecule has 1 unspecified atom stereocenters. The Bertz CT molecular complexity index is 409. The molecule has 6 nitrogen and oxygen atoms in total. The molecule has 0 aromatic carbocycles. The molecule has 18 heavy (non-hydrogen) atoms. The lowest BCUT2D eigenvalue weighted by molar-refractivity contribution is -0.384. The molecule has 1 atom stereocenters. The highest BCUT2D eigenvalue weighted by Gasteiger charge is 2.19. The number of nitrogens with one attached hydrogen (secondary N) is 1. The third-order valence-corrected chi connectivity index (χ3v) is 2.58. The van der Waals surface area contributed by atoms with Crippen LogP contribution in [0.1, 0.15) is 19.8 Å². The summed E-state index contributed by atoms with van der Waals surface area (Å²) in [6, 6.07) is 1.28. The number of anilines is 1. The first kappa shape index (κ1) is 14.7. The van der Waals surface area contributed by atoms with E-state index in [0.29, 0.717) is 6.61 Å². The topological polar surface area (TPSA) is 77.3 Å². The molecule has 0 amide bonds. The smallest absolute Gasteiger partial charge is 0.312 e. The number of nitrogens with zero attached hydrogens (tertiary/aromatic N) is 2. The van der Waals surface area contributed by atoms with Crippen LogP contribution in [0.15, 0.2) is 12.3 Å². The normalized spacial score (nSPS) is 12.2. The van der Waals surface area contributed by atoms with E-state index in [-0.39, 0.29) is 22.6 Å². The summed E-state index contributed by atoms with van der Waals surface area (Å²) in [7, 11) is 1.59. The van der Waals surface area contributed by atoms with Gasteiger partial charge in [-0.05, 0) is 6.42 Å². The lowest BCUT2D eigenvalue weighted by Gasteiger charge is -2.17. The standard InChI is InChI=1S/C11H16ClN3O3/c1-3-4-9(7-18-2)14-11-10(15(16)17)5-8(12)6-13-11/h5-6,9H,3-4,7H2,1-2H3,(H,13,14). The maximum absolute atomic E-state index is 10.9. The van der Waals surface area contributed by atoms with E-state index in [4.69, 9.17) is 16.3 Å². The fourth-order valence-corrected chi connectivity index (χ4v) is 1.77. The Morgan fingerprint density at radius 1 is 1.67 bits per heavy atom. The van der Waals surface area contributed by atoms with Gasteiger partial charge in [0.05, 0.1) is 22.6 Å². The molecule has 0 spiro atoms. The third kappa shape index (κ3) is 4.12. The monoisotopic (exact) mass is 273 g/mol. The summed E-state index contributed by atoms with van der Waals surface area (Å²) in [5.41, 5.74) is -0.125. The number of pyridine rings is 1. The first-order valence-corrected chi connectivity index (χ1v) is 6.01. The molecule has 0 saturated heterocycles. The molecule has 0 saturated carbocycles. The summed E-state index contributed by atoms with van der Waals surface area (Å²) in [6.07, 6.45) is 3.17. The number of aromatic nitrogens is 1. The van der Waals surface area contributed by atoms with Gasteiger partial charge >= 0.3 is 5.69 Å². The van der Waals surface area contributed by atoms with Crippen LogP contribution < -0.4 is 5.32 Å². The highest BCUT2D eigenvalue weighted by atomic mass is 35.5. The molecule has 1 aromatic heterocycles. The summed E-state index contributed by atoms with van der Waals surface area (Å²) in [5.74, 6) is 0.222. The highest BCUT2D eigenvalue weighted by molar-refractivity contribution is 6.30. The Labute approximate surface area is 110 Å². The number of rotatable bonds is 7. The number of hydrogen-bond acceptors (Lipinski definition) is 5. The summed E-state index contributed by atoms with van der Waals surface area (Å²) >= 11 is 5.70. The van der Waals surface area contributed by atoms with E-state index in [2.05, 4.69) is 10.3 Å². The van der Waals surface area contributed by atoms with Gasteiger partial charge in [-0.15, -0.1) is 0 Å². The molecule has 1 rings (SSSR count). The van der Waals surface area contributed by atoms with E-state index in [0.717, 1.165) is 12.8 Å². The van der Waals surface area contributed by atoms with Gasteiger partial charge in [0.2, 0.25) is 5.82 Å². The third-order valence-electron chi connectivity index (χ3n) is 2.38. The average molecular weight is 274 g/mol. The number of halogens is 1. The van der Waals surface area contributed by atoms with Crippen molar-refractivity contribution in [2.45, 2.75) is 25.8 Å². The van der Waals surface area contributed by atoms with E-state index in [1.54, 1.807) is 7.11 Å². The van der Waals surface area contributed by atoms with E-state index in [1.807, 2.05) is 6.92 Å². The Morgan fingerprint density at radius 2 is 2.39 bits per heavy atom. The highest BCUT2D eigenvalue weighted by Crippen LogP contribution is 2.26. The lowest BCUT2D eigenvalue weighted by atomic mass is 10.2. The van der Waals surface area contributed by atoms with Crippen LogP contribution in [-0.2, 0) is 4.74 Å². The van der Waals surface area contributed by atoms with Crippen LogP contribution in [0.3, 0.4) is 0 Å². The van der Waals surface area contributed by atoms with Crippen LogP contribution in [0.25, 0.3) is 0 Å². The summed E-state index contributed by atoms with van der Waals surface area (Å²) in [4.78, 5) is 14.4. The second kappa shape index (κ2) is 7.13. The van der Waals surface area contributed by atoms with Crippen molar-refractivity contribution in [3.8, 4) is 0 Å². The molecule has 1 aromatic rings. The number of ether oxygens (including phenoxy) is 1. The van der Waals surface area contributed by atoms with Gasteiger partial charge in [0.15, 0.2) is 0 Å². The van der Waals surface area contributed by atoms with Gasteiger partial charge in [0, 0.05) is 19.4 Å². The minimum Gasteiger partial charge on any atom is -0.383 e. The van der Waals surface area contributed by atoms with Gasteiger partial charge in [-0.1, -0.05) is 24.9 Å². The van der Waals surface area contributed by atoms with Crippen LogP contribution in [-0.4, -0.2) is 29.7 Å². The van der Waals surface area contributed by atoms with Crippen molar-refractivity contribution in [3.05, 3.63) is 27.4 Å². The molecule has 0 aliphatic carbocycles. The Hall–Kier alpha value is -1.40. The maximum atomic E-state index is 10.9. The van der Waals surface area contributed by atoms with E-state index >= 15 is 0 Å². The Morgan fingerprint density at radius 3 is 2.94 bits per heavy atom. The first-order chi connectivity index (χ1) is 8.58. The van der Waals surface area contributed by atoms with Crippen LogP contribution in [0.2, 0.25) is 5.02 Å². The van der Waals surface area contributed by atoms with Gasteiger partial charge in [-0.3, -0.25) is 10.1 Å². The first-order valence-electron chi connectivity index (χ1n) is 5.63. The molecule has 0 fully saturated rings. The molecule has 0 bridgehead atoms. The van der Waals surface area contributed by atoms with Gasteiger partial charge in [-0.25, -0.2) is 4.98 Å². The van der Waals surface area contributed by atoms with E-state index < -0.39 is 4.92 Å². The van der Waals surface area contributed by atoms with Gasteiger partial charge in [0.25, 0.3) is 0 Å². The summed E-state index contributed by atoms with van der Waals surface area (Å²) in [5, 5.41) is 14.2. The molecule has 0 radical (unpaired) electrons. The second-order valence-corrected chi connectivity index (χ2v) is 4.30. The largest absolute Gasteiger partial charge is 0.383 e. The van der Waals surface area contributed by atoms with Crippen LogP contribution in [0.4, 0.5) is 11.5 Å². The Balaban J connectivity index is 2.90. The summed E-state index contributed by atoms with van der Waals surface area (Å²) in [6.45, 7) is 2.50. The van der Waals surface area contributed by atoms with Crippen molar-refractivity contribution in [3.63, 3.8) is 0 Å². The van der Waals surface area contributed by atoms with Crippen molar-refractivity contribution in [2.75, 3.05) is 19.0 Å². The zero-order valence-electron chi connectivity index (χ0n) is 10.4. The van der Waals surface area contributed by atoms with Gasteiger partial charge < -0.3 is 10.1 Å². The zero-order chi connectivity index (χ0) is 13.5. The molecule has 100 valence electrons. The molecular formula is C11H16ClN3O3. The van der Waals surface area contributed by atoms with E-state index in [1.165, 1.54) is 12.3 Å². The number of methoxy groups -OCH3 is 1. The van der Waals surface area contributed by atoms with Crippen molar-refractivity contribution in [2.24, 2.45) is 0 Å². The fourth-order valence-electron chi connectivity index (χ4n) is 1.62. The van der Waals surface area contributed by atoms with Gasteiger partial charge in [-0.2, -0.15) is 0 Å². The minimum atomic E-state index is -0.503. The van der Waals surface area contributed by atoms with Crippen LogP contribution >= 0.6 is 11.6 Å². The minimum absolute atomic E-state index is 0.00706. The van der Waals surface area contributed by atoms with E-state index in [9.17, 15) is 10.1 Å². The van der Waals surface area contributed by atoms with Crippen LogP contribution in [0.5, 0.6) is 0 Å². The van der Waals surface area contributed by atoms with Crippen molar-refractivity contribution >= 4 is 23.1 Å². The van der Waals surface area contributed by atoms with Gasteiger partial charge in [0.1, 0.15) is 0 Å². The fraction of sp³-hybridized carbons (Fsp3) is 0.545. The molecule has 0 aliphatic heterocycles. The predicted octanol–water partition coefficient (Wildman–Crippen LogP) is 2.87. The molecule has 7 heteroatoms. The number of nitro groups is 1. The zero-order valence-corrected chi connectivity index (χ0v) is 11.1. The lowest BCUT2D eigenvalue weighted by Crippen LogP contribution is -2.25. The molecular weight excluding hydrogens is 258 g/mol. The number of hydrogen-bond donors (Lipinski definition) is 1. The SMILES string of the molecule is CCCC(COC)Nc1ncc(Cl)cc1[N+](=O)[O-]. The quantitative estimate of drug-likeness (QED) is 0.610.